The van der Waals surface area contributed by atoms with Crippen molar-refractivity contribution < 1.29 is 23.1 Å². The van der Waals surface area contributed by atoms with E-state index in [0.717, 1.165) is 9.87 Å². The third-order valence-electron chi connectivity index (χ3n) is 4.95. The third kappa shape index (κ3) is 5.75. The number of sulfonamides is 1. The minimum Gasteiger partial charge on any atom is -0.503 e. The number of nitrogens with zero attached hydrogens (tertiary/aromatic N) is 2. The van der Waals surface area contributed by atoms with E-state index in [1.807, 2.05) is 6.92 Å². The summed E-state index contributed by atoms with van der Waals surface area (Å²) < 4.78 is 33.4. The standard InChI is InChI=1S/C24H24BrN3O5S/c1-16-8-10-19(11-9-16)34(31,32)28(21-7-5-4-6-17(21)2)15-23(29)27-26-14-18-12-20(25)24(30)22(13-18)33-3/h4-14,30H,15H2,1-3H3,(H,27,29)/b26-14+. The number of benzene rings is 3. The Labute approximate surface area is 207 Å². The van der Waals surface area contributed by atoms with Gasteiger partial charge in [0.05, 0.1) is 28.4 Å². The molecule has 0 spiro atoms. The second-order valence-corrected chi connectivity index (χ2v) is 10.2. The number of hydrogen-bond donors (Lipinski definition) is 2. The summed E-state index contributed by atoms with van der Waals surface area (Å²) in [6.45, 7) is 3.17. The van der Waals surface area contributed by atoms with Crippen LogP contribution in [0.15, 0.2) is 75.1 Å². The van der Waals surface area contributed by atoms with Gasteiger partial charge >= 0.3 is 0 Å². The Morgan fingerprint density at radius 1 is 1.15 bits per heavy atom. The monoisotopic (exact) mass is 545 g/mol. The van der Waals surface area contributed by atoms with E-state index in [1.54, 1.807) is 49.4 Å². The predicted octanol–water partition coefficient (Wildman–Crippen LogP) is 4.13. The van der Waals surface area contributed by atoms with Crippen LogP contribution >= 0.6 is 15.9 Å². The van der Waals surface area contributed by atoms with Crippen molar-refractivity contribution in [1.82, 2.24) is 5.43 Å². The van der Waals surface area contributed by atoms with Gasteiger partial charge in [-0.2, -0.15) is 5.10 Å². The van der Waals surface area contributed by atoms with Gasteiger partial charge in [-0.3, -0.25) is 9.10 Å². The summed E-state index contributed by atoms with van der Waals surface area (Å²) >= 11 is 3.22. The average Bonchev–Trinajstić information content (AvgIpc) is 2.80. The first-order valence-electron chi connectivity index (χ1n) is 10.2. The molecule has 0 fully saturated rings. The molecule has 0 atom stereocenters. The van der Waals surface area contributed by atoms with Gasteiger partial charge in [0.1, 0.15) is 6.54 Å². The molecule has 0 aliphatic carbocycles. The Kier molecular flexibility index (Phi) is 7.95. The predicted molar refractivity (Wildman–Crippen MR) is 135 cm³/mol. The van der Waals surface area contributed by atoms with E-state index in [1.165, 1.54) is 31.5 Å². The molecule has 0 heterocycles. The number of hydrogen-bond acceptors (Lipinski definition) is 6. The number of methoxy groups -OCH3 is 1. The number of carbonyl (C=O) groups excluding carboxylic acids is 1. The van der Waals surface area contributed by atoms with Crippen LogP contribution in [-0.4, -0.2) is 39.3 Å². The number of para-hydroxylation sites is 1. The molecule has 2 N–H and O–H groups in total. The van der Waals surface area contributed by atoms with Crippen molar-refractivity contribution in [3.63, 3.8) is 0 Å². The van der Waals surface area contributed by atoms with Gasteiger partial charge in [0.25, 0.3) is 15.9 Å². The Hall–Kier alpha value is -3.37. The Morgan fingerprint density at radius 2 is 1.82 bits per heavy atom. The molecule has 0 aliphatic heterocycles. The lowest BCUT2D eigenvalue weighted by molar-refractivity contribution is -0.119. The van der Waals surface area contributed by atoms with E-state index in [4.69, 9.17) is 4.74 Å². The van der Waals surface area contributed by atoms with Crippen LogP contribution in [0.5, 0.6) is 11.5 Å². The number of anilines is 1. The van der Waals surface area contributed by atoms with Gasteiger partial charge in [0.2, 0.25) is 0 Å². The quantitative estimate of drug-likeness (QED) is 0.327. The first-order chi connectivity index (χ1) is 16.1. The summed E-state index contributed by atoms with van der Waals surface area (Å²) in [6, 6.07) is 16.5. The number of nitrogens with one attached hydrogen (secondary N) is 1. The minimum atomic E-state index is -4.01. The molecule has 178 valence electrons. The number of hydrazone groups is 1. The Balaban J connectivity index is 1.85. The summed E-state index contributed by atoms with van der Waals surface area (Å²) in [4.78, 5) is 12.8. The molecule has 3 aromatic carbocycles. The third-order valence-corrected chi connectivity index (χ3v) is 7.33. The highest BCUT2D eigenvalue weighted by Crippen LogP contribution is 2.34. The molecule has 0 saturated heterocycles. The van der Waals surface area contributed by atoms with E-state index < -0.39 is 22.5 Å². The number of carbonyl (C=O) groups is 1. The molecule has 0 unspecified atom stereocenters. The van der Waals surface area contributed by atoms with Gasteiger partial charge in [-0.05, 0) is 71.2 Å². The van der Waals surface area contributed by atoms with E-state index in [0.29, 0.717) is 21.3 Å². The van der Waals surface area contributed by atoms with E-state index in [9.17, 15) is 18.3 Å². The fraction of sp³-hybridized carbons (Fsp3) is 0.167. The van der Waals surface area contributed by atoms with Crippen molar-refractivity contribution in [2.24, 2.45) is 5.10 Å². The molecule has 0 aromatic heterocycles. The zero-order valence-corrected chi connectivity index (χ0v) is 21.2. The summed E-state index contributed by atoms with van der Waals surface area (Å²) in [5.74, 6) is -0.448. The number of phenolic OH excluding ortho intramolecular Hbond substituents is 1. The van der Waals surface area contributed by atoms with Gasteiger partial charge in [-0.15, -0.1) is 0 Å². The molecular weight excluding hydrogens is 522 g/mol. The maximum Gasteiger partial charge on any atom is 0.264 e. The van der Waals surface area contributed by atoms with Gasteiger partial charge in [0.15, 0.2) is 11.5 Å². The van der Waals surface area contributed by atoms with Gasteiger partial charge < -0.3 is 9.84 Å². The van der Waals surface area contributed by atoms with Gasteiger partial charge in [-0.25, -0.2) is 13.8 Å². The number of ether oxygens (including phenoxy) is 1. The van der Waals surface area contributed by atoms with Crippen LogP contribution in [0.1, 0.15) is 16.7 Å². The summed E-state index contributed by atoms with van der Waals surface area (Å²) in [5.41, 5.74) is 4.93. The van der Waals surface area contributed by atoms with Crippen LogP contribution < -0.4 is 14.5 Å². The van der Waals surface area contributed by atoms with Crippen LogP contribution in [0.4, 0.5) is 5.69 Å². The number of phenols is 1. The van der Waals surface area contributed by atoms with Gasteiger partial charge in [0, 0.05) is 0 Å². The van der Waals surface area contributed by atoms with Crippen LogP contribution in [0.25, 0.3) is 0 Å². The highest BCUT2D eigenvalue weighted by atomic mass is 79.9. The molecule has 34 heavy (non-hydrogen) atoms. The molecule has 3 rings (SSSR count). The Bertz CT molecular complexity index is 1320. The lowest BCUT2D eigenvalue weighted by Gasteiger charge is -2.25. The number of amides is 1. The molecule has 10 heteroatoms. The maximum atomic E-state index is 13.4. The molecule has 0 radical (unpaired) electrons. The van der Waals surface area contributed by atoms with Crippen LogP contribution in [0, 0.1) is 13.8 Å². The topological polar surface area (TPSA) is 108 Å². The lowest BCUT2D eigenvalue weighted by atomic mass is 10.2. The highest BCUT2D eigenvalue weighted by molar-refractivity contribution is 9.10. The smallest absolute Gasteiger partial charge is 0.264 e. The average molecular weight is 546 g/mol. The van der Waals surface area contributed by atoms with Crippen molar-refractivity contribution in [1.29, 1.82) is 0 Å². The van der Waals surface area contributed by atoms with E-state index >= 15 is 0 Å². The van der Waals surface area contributed by atoms with Crippen LogP contribution in [0.3, 0.4) is 0 Å². The van der Waals surface area contributed by atoms with E-state index in [2.05, 4.69) is 26.5 Å². The first-order valence-corrected chi connectivity index (χ1v) is 12.4. The number of halogens is 1. The second-order valence-electron chi connectivity index (χ2n) is 7.46. The van der Waals surface area contributed by atoms with Crippen LogP contribution in [0.2, 0.25) is 0 Å². The molecule has 3 aromatic rings. The Morgan fingerprint density at radius 3 is 2.47 bits per heavy atom. The number of rotatable bonds is 8. The molecule has 8 nitrogen and oxygen atoms in total. The van der Waals surface area contributed by atoms with Crippen molar-refractivity contribution >= 4 is 43.8 Å². The molecular formula is C24H24BrN3O5S. The summed E-state index contributed by atoms with van der Waals surface area (Å²) in [7, 11) is -2.60. The van der Waals surface area contributed by atoms with Crippen molar-refractivity contribution in [3.8, 4) is 11.5 Å². The molecule has 0 bridgehead atoms. The largest absolute Gasteiger partial charge is 0.503 e. The number of aromatic hydroxyl groups is 1. The fourth-order valence-corrected chi connectivity index (χ4v) is 5.09. The second kappa shape index (κ2) is 10.7. The first kappa shape index (κ1) is 25.3. The summed E-state index contributed by atoms with van der Waals surface area (Å²) in [5, 5.41) is 13.8. The molecule has 0 aliphatic rings. The maximum absolute atomic E-state index is 13.4. The zero-order chi connectivity index (χ0) is 24.9. The lowest BCUT2D eigenvalue weighted by Crippen LogP contribution is -2.40. The van der Waals surface area contributed by atoms with Crippen molar-refractivity contribution in [2.45, 2.75) is 18.7 Å². The molecule has 0 saturated carbocycles. The van der Waals surface area contributed by atoms with Crippen LogP contribution in [-0.2, 0) is 14.8 Å². The number of aryl methyl sites for hydroxylation is 2. The minimum absolute atomic E-state index is 0.0566. The zero-order valence-electron chi connectivity index (χ0n) is 18.8. The fourth-order valence-electron chi connectivity index (χ4n) is 3.15. The summed E-state index contributed by atoms with van der Waals surface area (Å²) in [6.07, 6.45) is 1.36. The SMILES string of the molecule is COc1cc(/C=N/NC(=O)CN(c2ccccc2C)S(=O)(=O)c2ccc(C)cc2)cc(Br)c1O. The normalized spacial score (nSPS) is 11.4. The van der Waals surface area contributed by atoms with Crippen molar-refractivity contribution in [3.05, 3.63) is 81.8 Å². The van der Waals surface area contributed by atoms with Gasteiger partial charge in [-0.1, -0.05) is 35.9 Å². The van der Waals surface area contributed by atoms with E-state index in [-0.39, 0.29) is 16.4 Å². The van der Waals surface area contributed by atoms with Crippen molar-refractivity contribution in [2.75, 3.05) is 18.0 Å². The highest BCUT2D eigenvalue weighted by Gasteiger charge is 2.28. The molecule has 1 amide bonds.